The number of carbonyl (C=O) groups is 4. The number of esters is 3. The van der Waals surface area contributed by atoms with Crippen molar-refractivity contribution in [3.8, 4) is 0 Å². The van der Waals surface area contributed by atoms with Gasteiger partial charge in [-0.15, -0.1) is 0 Å². The maximum absolute atomic E-state index is 13.9. The molecule has 5 aliphatic rings. The molecule has 0 saturated heterocycles. The molecule has 1 N–H and O–H groups in total. The van der Waals surface area contributed by atoms with Crippen molar-refractivity contribution < 1.29 is 38.5 Å². The average molecular weight is 487 g/mol. The fourth-order valence-corrected chi connectivity index (χ4v) is 8.27. The summed E-state index contributed by atoms with van der Waals surface area (Å²) < 4.78 is 16.3. The monoisotopic (exact) mass is 486 g/mol. The first-order valence-electron chi connectivity index (χ1n) is 12.6. The minimum Gasteiger partial charge on any atom is -0.459 e. The average Bonchev–Trinajstić information content (AvgIpc) is 3.28. The molecule has 5 rings (SSSR count). The van der Waals surface area contributed by atoms with Gasteiger partial charge < -0.3 is 19.3 Å². The first-order chi connectivity index (χ1) is 16.4. The second kappa shape index (κ2) is 8.02. The van der Waals surface area contributed by atoms with E-state index in [0.717, 1.165) is 17.6 Å². The molecule has 0 aromatic heterocycles. The summed E-state index contributed by atoms with van der Waals surface area (Å²) in [6.07, 6.45) is 5.28. The van der Waals surface area contributed by atoms with E-state index in [0.29, 0.717) is 25.7 Å². The Balaban J connectivity index is 1.48. The fourth-order valence-electron chi connectivity index (χ4n) is 8.27. The van der Waals surface area contributed by atoms with E-state index in [-0.39, 0.29) is 36.6 Å². The molecule has 1 aliphatic heterocycles. The summed E-state index contributed by atoms with van der Waals surface area (Å²) in [5, 5.41) is 12.3. The van der Waals surface area contributed by atoms with Crippen molar-refractivity contribution >= 4 is 23.7 Å². The van der Waals surface area contributed by atoms with Gasteiger partial charge in [0, 0.05) is 43.3 Å². The number of Topliss-reactive ketones (excluding diaryl/α,β-unsaturated/α-hetero) is 1. The highest BCUT2D eigenvalue weighted by Crippen LogP contribution is 2.67. The lowest BCUT2D eigenvalue weighted by Gasteiger charge is -2.63. The molecule has 4 aliphatic carbocycles. The predicted molar refractivity (Wildman–Crippen MR) is 123 cm³/mol. The van der Waals surface area contributed by atoms with Crippen LogP contribution in [0.3, 0.4) is 0 Å². The standard InChI is InChI=1S/C27H34O8/c1-14(28)34-21-10-17-5-6-19-24(25(17,3)12-22(21)35-15(2)29)20(30)11-26(4)18(7-8-27(19,26)32)16-9-23(31)33-13-16/h7,9,17,19,21-22,24,32H,5-6,8,10-13H2,1-4H3/t17-,19-,21-,22-,24-,25+,26-,27+/m1/s1. The van der Waals surface area contributed by atoms with Crippen molar-refractivity contribution in [2.45, 2.75) is 84.0 Å². The van der Waals surface area contributed by atoms with Gasteiger partial charge in [-0.05, 0) is 54.9 Å². The molecule has 0 radical (unpaired) electrons. The molecule has 0 aromatic rings. The Morgan fingerprint density at radius 1 is 1.09 bits per heavy atom. The molecule has 0 bridgehead atoms. The summed E-state index contributed by atoms with van der Waals surface area (Å²) in [5.41, 5.74) is -0.816. The third-order valence-electron chi connectivity index (χ3n) is 9.74. The first-order valence-corrected chi connectivity index (χ1v) is 12.6. The lowest BCUT2D eigenvalue weighted by molar-refractivity contribution is -0.215. The van der Waals surface area contributed by atoms with Gasteiger partial charge in [0.2, 0.25) is 0 Å². The molecule has 8 nitrogen and oxygen atoms in total. The van der Waals surface area contributed by atoms with E-state index in [2.05, 4.69) is 6.92 Å². The molecule has 35 heavy (non-hydrogen) atoms. The van der Waals surface area contributed by atoms with Gasteiger partial charge in [-0.25, -0.2) is 4.79 Å². The van der Waals surface area contributed by atoms with Gasteiger partial charge >= 0.3 is 17.9 Å². The third kappa shape index (κ3) is 3.51. The van der Waals surface area contributed by atoms with Gasteiger partial charge in [-0.2, -0.15) is 0 Å². The third-order valence-corrected chi connectivity index (χ3v) is 9.74. The molecular formula is C27H34O8. The largest absolute Gasteiger partial charge is 0.459 e. The molecule has 8 heteroatoms. The van der Waals surface area contributed by atoms with Crippen LogP contribution < -0.4 is 0 Å². The van der Waals surface area contributed by atoms with Gasteiger partial charge in [0.05, 0.1) is 5.60 Å². The maximum atomic E-state index is 13.9. The number of carbonyl (C=O) groups excluding carboxylic acids is 4. The number of aliphatic hydroxyl groups is 1. The zero-order valence-electron chi connectivity index (χ0n) is 20.8. The van der Waals surface area contributed by atoms with Crippen LogP contribution in [0.15, 0.2) is 23.3 Å². The van der Waals surface area contributed by atoms with Gasteiger partial charge in [0.1, 0.15) is 24.6 Å². The van der Waals surface area contributed by atoms with Crippen LogP contribution in [0.4, 0.5) is 0 Å². The maximum Gasteiger partial charge on any atom is 0.331 e. The molecule has 0 spiro atoms. The quantitative estimate of drug-likeness (QED) is 0.478. The topological polar surface area (TPSA) is 116 Å². The van der Waals surface area contributed by atoms with Crippen LogP contribution in [0, 0.1) is 28.6 Å². The second-order valence-corrected chi connectivity index (χ2v) is 11.6. The number of hydrogen-bond acceptors (Lipinski definition) is 8. The lowest BCUT2D eigenvalue weighted by Crippen LogP contribution is -2.66. The Morgan fingerprint density at radius 3 is 2.40 bits per heavy atom. The van der Waals surface area contributed by atoms with Gasteiger partial charge in [0.15, 0.2) is 0 Å². The van der Waals surface area contributed by atoms with Crippen molar-refractivity contribution in [1.29, 1.82) is 0 Å². The Kier molecular flexibility index (Phi) is 5.55. The summed E-state index contributed by atoms with van der Waals surface area (Å²) in [6.45, 7) is 6.87. The van der Waals surface area contributed by atoms with Crippen molar-refractivity contribution in [3.63, 3.8) is 0 Å². The lowest BCUT2D eigenvalue weighted by atomic mass is 9.42. The van der Waals surface area contributed by atoms with E-state index >= 15 is 0 Å². The number of ether oxygens (including phenoxy) is 3. The SMILES string of the molecule is CC(=O)O[C@@H]1C[C@H]2CC[C@@H]3[C@H](C(=O)C[C@]4(C)C(C5=CC(=O)OC5)=CC[C@]34O)[C@@]2(C)C[C@H]1OC(C)=O. The van der Waals surface area contributed by atoms with Gasteiger partial charge in [-0.3, -0.25) is 14.4 Å². The summed E-state index contributed by atoms with van der Waals surface area (Å²) in [4.78, 5) is 49.3. The Bertz CT molecular complexity index is 1060. The van der Waals surface area contributed by atoms with Crippen molar-refractivity contribution in [2.75, 3.05) is 6.61 Å². The molecule has 0 aromatic carbocycles. The molecule has 3 fully saturated rings. The van der Waals surface area contributed by atoms with Crippen molar-refractivity contribution in [1.82, 2.24) is 0 Å². The van der Waals surface area contributed by atoms with Gasteiger partial charge in [-0.1, -0.05) is 19.9 Å². The zero-order chi connectivity index (χ0) is 25.3. The number of cyclic esters (lactones) is 1. The molecule has 0 unspecified atom stereocenters. The van der Waals surface area contributed by atoms with Gasteiger partial charge in [0.25, 0.3) is 0 Å². The summed E-state index contributed by atoms with van der Waals surface area (Å²) >= 11 is 0. The summed E-state index contributed by atoms with van der Waals surface area (Å²) in [6, 6.07) is 0. The number of ketones is 1. The van der Waals surface area contributed by atoms with E-state index in [1.54, 1.807) is 0 Å². The molecule has 0 amide bonds. The van der Waals surface area contributed by atoms with E-state index < -0.39 is 46.5 Å². The minimum atomic E-state index is -1.12. The van der Waals surface area contributed by atoms with Crippen LogP contribution >= 0.6 is 0 Å². The zero-order valence-corrected chi connectivity index (χ0v) is 20.8. The molecule has 190 valence electrons. The number of hydrogen-bond donors (Lipinski definition) is 1. The van der Waals surface area contributed by atoms with Crippen molar-refractivity contribution in [2.24, 2.45) is 28.6 Å². The van der Waals surface area contributed by atoms with Crippen LogP contribution in [0.25, 0.3) is 0 Å². The highest BCUT2D eigenvalue weighted by molar-refractivity contribution is 5.89. The number of fused-ring (bicyclic) bond motifs is 5. The molecule has 8 atom stereocenters. The molecule has 1 heterocycles. The second-order valence-electron chi connectivity index (χ2n) is 11.6. The Morgan fingerprint density at radius 2 is 1.77 bits per heavy atom. The minimum absolute atomic E-state index is 0.0977. The first kappa shape index (κ1) is 24.2. The Labute approximate surface area is 205 Å². The van der Waals surface area contributed by atoms with Crippen molar-refractivity contribution in [3.05, 3.63) is 23.3 Å². The summed E-state index contributed by atoms with van der Waals surface area (Å²) in [7, 11) is 0. The van der Waals surface area contributed by atoms with E-state index in [4.69, 9.17) is 14.2 Å². The summed E-state index contributed by atoms with van der Waals surface area (Å²) in [5.74, 6) is -1.71. The van der Waals surface area contributed by atoms with Crippen LogP contribution in [-0.2, 0) is 33.4 Å². The smallest absolute Gasteiger partial charge is 0.331 e. The predicted octanol–water partition coefficient (Wildman–Crippen LogP) is 2.82. The number of rotatable bonds is 3. The van der Waals surface area contributed by atoms with E-state index in [1.807, 2.05) is 13.0 Å². The molecule has 3 saturated carbocycles. The van der Waals surface area contributed by atoms with Crippen LogP contribution in [-0.4, -0.2) is 53.2 Å². The molecular weight excluding hydrogens is 452 g/mol. The highest BCUT2D eigenvalue weighted by Gasteiger charge is 2.69. The van der Waals surface area contributed by atoms with E-state index in [1.165, 1.54) is 19.9 Å². The highest BCUT2D eigenvalue weighted by atomic mass is 16.6. The van der Waals surface area contributed by atoms with Crippen LogP contribution in [0.2, 0.25) is 0 Å². The van der Waals surface area contributed by atoms with Crippen LogP contribution in [0.1, 0.15) is 66.2 Å². The van der Waals surface area contributed by atoms with Crippen LogP contribution in [0.5, 0.6) is 0 Å². The van der Waals surface area contributed by atoms with E-state index in [9.17, 15) is 24.3 Å². The fraction of sp³-hybridized carbons (Fsp3) is 0.704. The Hall–Kier alpha value is -2.48. The normalized spacial score (nSPS) is 44.3.